The first-order chi connectivity index (χ1) is 9.36. The van der Waals surface area contributed by atoms with Crippen LogP contribution in [0.4, 0.5) is 0 Å². The van der Waals surface area contributed by atoms with E-state index in [4.69, 9.17) is 4.74 Å². The summed E-state index contributed by atoms with van der Waals surface area (Å²) in [5.41, 5.74) is 4.04. The van der Waals surface area contributed by atoms with E-state index in [1.807, 2.05) is 12.1 Å². The lowest BCUT2D eigenvalue weighted by atomic mass is 9.95. The van der Waals surface area contributed by atoms with E-state index in [2.05, 4.69) is 36.4 Å². The molecule has 1 nitrogen and oxygen atoms in total. The summed E-state index contributed by atoms with van der Waals surface area (Å²) in [6.45, 7) is 0. The Kier molecular flexibility index (Phi) is 3.54. The third-order valence-corrected chi connectivity index (χ3v) is 4.16. The number of benzene rings is 2. The number of ether oxygens (including phenoxy) is 1. The Hall–Kier alpha value is -1.76. The molecule has 0 N–H and O–H groups in total. The van der Waals surface area contributed by atoms with Gasteiger partial charge in [-0.3, -0.25) is 0 Å². The molecule has 1 saturated carbocycles. The molecule has 0 heterocycles. The maximum Gasteiger partial charge on any atom is 0.118 e. The van der Waals surface area contributed by atoms with Gasteiger partial charge in [0.15, 0.2) is 0 Å². The average Bonchev–Trinajstić information content (AvgIpc) is 3.02. The van der Waals surface area contributed by atoms with E-state index >= 15 is 0 Å². The lowest BCUT2D eigenvalue weighted by Crippen LogP contribution is -1.91. The fraction of sp³-hybridized carbons (Fsp3) is 0.333. The Morgan fingerprint density at radius 2 is 1.32 bits per heavy atom. The van der Waals surface area contributed by atoms with Crippen molar-refractivity contribution in [3.63, 3.8) is 0 Å². The quantitative estimate of drug-likeness (QED) is 0.745. The molecular formula is C18H20O. The van der Waals surface area contributed by atoms with Gasteiger partial charge < -0.3 is 4.74 Å². The Balaban J connectivity index is 1.80. The number of rotatable bonds is 3. The van der Waals surface area contributed by atoms with Crippen molar-refractivity contribution in [3.8, 4) is 16.9 Å². The molecule has 0 bridgehead atoms. The molecule has 98 valence electrons. The van der Waals surface area contributed by atoms with E-state index in [9.17, 15) is 0 Å². The Morgan fingerprint density at radius 1 is 0.789 bits per heavy atom. The molecule has 0 radical (unpaired) electrons. The molecule has 1 heteroatoms. The second kappa shape index (κ2) is 5.48. The molecular weight excluding hydrogens is 232 g/mol. The standard InChI is InChI=1S/C18H20O/c1-19-18-12-10-17(11-13-18)16-8-6-15(7-9-16)14-4-2-3-5-14/h6-14H,2-5H2,1H3. The third-order valence-electron chi connectivity index (χ3n) is 4.16. The van der Waals surface area contributed by atoms with Crippen molar-refractivity contribution in [1.29, 1.82) is 0 Å². The molecule has 0 saturated heterocycles. The SMILES string of the molecule is COc1ccc(-c2ccc(C3CCCC3)cc2)cc1. The summed E-state index contributed by atoms with van der Waals surface area (Å²) in [5.74, 6) is 1.70. The van der Waals surface area contributed by atoms with Crippen LogP contribution in [0, 0.1) is 0 Å². The summed E-state index contributed by atoms with van der Waals surface area (Å²) in [4.78, 5) is 0. The van der Waals surface area contributed by atoms with Crippen LogP contribution in [-0.4, -0.2) is 7.11 Å². The van der Waals surface area contributed by atoms with Crippen molar-refractivity contribution in [2.24, 2.45) is 0 Å². The lowest BCUT2D eigenvalue weighted by Gasteiger charge is -2.10. The van der Waals surface area contributed by atoms with E-state index < -0.39 is 0 Å². The summed E-state index contributed by atoms with van der Waals surface area (Å²) in [5, 5.41) is 0. The zero-order valence-corrected chi connectivity index (χ0v) is 11.4. The van der Waals surface area contributed by atoms with Crippen molar-refractivity contribution < 1.29 is 4.74 Å². The van der Waals surface area contributed by atoms with Gasteiger partial charge >= 0.3 is 0 Å². The number of hydrogen-bond donors (Lipinski definition) is 0. The van der Waals surface area contributed by atoms with Gasteiger partial charge in [-0.25, -0.2) is 0 Å². The van der Waals surface area contributed by atoms with Crippen molar-refractivity contribution in [2.45, 2.75) is 31.6 Å². The smallest absolute Gasteiger partial charge is 0.118 e. The van der Waals surface area contributed by atoms with Gasteiger partial charge in [0.1, 0.15) is 5.75 Å². The summed E-state index contributed by atoms with van der Waals surface area (Å²) in [6, 6.07) is 17.4. The molecule has 2 aromatic carbocycles. The molecule has 2 aromatic rings. The van der Waals surface area contributed by atoms with Crippen LogP contribution in [0.3, 0.4) is 0 Å². The predicted molar refractivity (Wildman–Crippen MR) is 79.6 cm³/mol. The minimum atomic E-state index is 0.796. The van der Waals surface area contributed by atoms with E-state index in [1.54, 1.807) is 7.11 Å². The van der Waals surface area contributed by atoms with Gasteiger partial charge in [-0.2, -0.15) is 0 Å². The second-order valence-electron chi connectivity index (χ2n) is 5.33. The highest BCUT2D eigenvalue weighted by Gasteiger charge is 2.16. The van der Waals surface area contributed by atoms with Crippen LogP contribution in [-0.2, 0) is 0 Å². The molecule has 0 spiro atoms. The molecule has 1 fully saturated rings. The van der Waals surface area contributed by atoms with Gasteiger partial charge in [0.25, 0.3) is 0 Å². The molecule has 3 rings (SSSR count). The van der Waals surface area contributed by atoms with Crippen LogP contribution in [0.25, 0.3) is 11.1 Å². The largest absolute Gasteiger partial charge is 0.497 e. The van der Waals surface area contributed by atoms with Gasteiger partial charge in [-0.1, -0.05) is 49.2 Å². The van der Waals surface area contributed by atoms with E-state index in [-0.39, 0.29) is 0 Å². The maximum atomic E-state index is 5.19. The van der Waals surface area contributed by atoms with Crippen LogP contribution < -0.4 is 4.74 Å². The third kappa shape index (κ3) is 2.65. The first-order valence-electron chi connectivity index (χ1n) is 7.11. The lowest BCUT2D eigenvalue weighted by molar-refractivity contribution is 0.415. The molecule has 0 aromatic heterocycles. The first-order valence-corrected chi connectivity index (χ1v) is 7.11. The molecule has 19 heavy (non-hydrogen) atoms. The van der Waals surface area contributed by atoms with Crippen molar-refractivity contribution in [1.82, 2.24) is 0 Å². The van der Waals surface area contributed by atoms with Crippen molar-refractivity contribution in [2.75, 3.05) is 7.11 Å². The van der Waals surface area contributed by atoms with Gasteiger partial charge in [-0.15, -0.1) is 0 Å². The van der Waals surface area contributed by atoms with Crippen LogP contribution in [0.1, 0.15) is 37.2 Å². The molecule has 0 unspecified atom stereocenters. The first kappa shape index (κ1) is 12.3. The molecule has 1 aliphatic carbocycles. The molecule has 0 aliphatic heterocycles. The molecule has 0 amide bonds. The average molecular weight is 252 g/mol. The van der Waals surface area contributed by atoms with E-state index in [0.717, 1.165) is 11.7 Å². The molecule has 1 aliphatic rings. The minimum absolute atomic E-state index is 0.796. The fourth-order valence-corrected chi connectivity index (χ4v) is 2.99. The van der Waals surface area contributed by atoms with Crippen LogP contribution in [0.2, 0.25) is 0 Å². The highest BCUT2D eigenvalue weighted by Crippen LogP contribution is 2.34. The second-order valence-corrected chi connectivity index (χ2v) is 5.33. The summed E-state index contributed by atoms with van der Waals surface area (Å²) < 4.78 is 5.19. The maximum absolute atomic E-state index is 5.19. The van der Waals surface area contributed by atoms with Crippen molar-refractivity contribution in [3.05, 3.63) is 54.1 Å². The monoisotopic (exact) mass is 252 g/mol. The summed E-state index contributed by atoms with van der Waals surface area (Å²) >= 11 is 0. The number of methoxy groups -OCH3 is 1. The Labute approximate surface area is 115 Å². The zero-order chi connectivity index (χ0) is 13.1. The van der Waals surface area contributed by atoms with Crippen molar-refractivity contribution >= 4 is 0 Å². The normalized spacial score (nSPS) is 15.6. The highest BCUT2D eigenvalue weighted by atomic mass is 16.5. The Bertz CT molecular complexity index is 519. The molecule has 0 atom stereocenters. The van der Waals surface area contributed by atoms with E-state index in [1.165, 1.54) is 42.4 Å². The van der Waals surface area contributed by atoms with Gasteiger partial charge in [0.2, 0.25) is 0 Å². The topological polar surface area (TPSA) is 9.23 Å². The van der Waals surface area contributed by atoms with Gasteiger partial charge in [0, 0.05) is 0 Å². The van der Waals surface area contributed by atoms with Crippen LogP contribution in [0.5, 0.6) is 5.75 Å². The van der Waals surface area contributed by atoms with Crippen LogP contribution in [0.15, 0.2) is 48.5 Å². The van der Waals surface area contributed by atoms with Crippen LogP contribution >= 0.6 is 0 Å². The number of hydrogen-bond acceptors (Lipinski definition) is 1. The predicted octanol–water partition coefficient (Wildman–Crippen LogP) is 5.02. The zero-order valence-electron chi connectivity index (χ0n) is 11.4. The fourth-order valence-electron chi connectivity index (χ4n) is 2.99. The highest BCUT2D eigenvalue weighted by molar-refractivity contribution is 5.64. The minimum Gasteiger partial charge on any atom is -0.497 e. The summed E-state index contributed by atoms with van der Waals surface area (Å²) in [7, 11) is 1.70. The van der Waals surface area contributed by atoms with E-state index in [0.29, 0.717) is 0 Å². The van der Waals surface area contributed by atoms with Gasteiger partial charge in [-0.05, 0) is 47.6 Å². The summed E-state index contributed by atoms with van der Waals surface area (Å²) in [6.07, 6.45) is 5.51. The van der Waals surface area contributed by atoms with Gasteiger partial charge in [0.05, 0.1) is 7.11 Å². The Morgan fingerprint density at radius 3 is 1.84 bits per heavy atom.